The quantitative estimate of drug-likeness (QED) is 0.772. The largest absolute Gasteiger partial charge is 0.494 e. The predicted octanol–water partition coefficient (Wildman–Crippen LogP) is 3.90. The zero-order valence-electron chi connectivity index (χ0n) is 11.6. The molecule has 0 spiro atoms. The highest BCUT2D eigenvalue weighted by atomic mass is 19.1. The fourth-order valence-corrected chi connectivity index (χ4v) is 2.17. The lowest BCUT2D eigenvalue weighted by Crippen LogP contribution is -2.14. The molecule has 1 atom stereocenters. The molecule has 2 aromatic carbocycles. The van der Waals surface area contributed by atoms with Gasteiger partial charge in [-0.3, -0.25) is 4.79 Å². The summed E-state index contributed by atoms with van der Waals surface area (Å²) < 4.78 is 18.5. The third-order valence-corrected chi connectivity index (χ3v) is 3.26. The van der Waals surface area contributed by atoms with Crippen molar-refractivity contribution in [1.29, 1.82) is 0 Å². The van der Waals surface area contributed by atoms with Gasteiger partial charge < -0.3 is 4.74 Å². The lowest BCUT2D eigenvalue weighted by molar-refractivity contribution is 0.0929. The summed E-state index contributed by atoms with van der Waals surface area (Å²) in [5.41, 5.74) is 1.48. The number of benzene rings is 2. The van der Waals surface area contributed by atoms with Crippen LogP contribution in [-0.2, 0) is 6.42 Å². The molecule has 0 fully saturated rings. The van der Waals surface area contributed by atoms with E-state index in [0.29, 0.717) is 12.0 Å². The van der Waals surface area contributed by atoms with Crippen molar-refractivity contribution in [2.24, 2.45) is 5.92 Å². The van der Waals surface area contributed by atoms with E-state index >= 15 is 0 Å². The van der Waals surface area contributed by atoms with Gasteiger partial charge in [-0.05, 0) is 24.1 Å². The van der Waals surface area contributed by atoms with Gasteiger partial charge in [-0.25, -0.2) is 4.39 Å². The number of hydrogen-bond acceptors (Lipinski definition) is 2. The van der Waals surface area contributed by atoms with Crippen LogP contribution < -0.4 is 4.74 Å². The molecule has 0 saturated heterocycles. The lowest BCUT2D eigenvalue weighted by Gasteiger charge is -2.11. The number of ketones is 1. The first-order chi connectivity index (χ1) is 9.61. The van der Waals surface area contributed by atoms with Crippen LogP contribution in [0.2, 0.25) is 0 Å². The Balaban J connectivity index is 2.10. The molecule has 0 aliphatic rings. The van der Waals surface area contributed by atoms with Crippen LogP contribution in [0.15, 0.2) is 48.5 Å². The van der Waals surface area contributed by atoms with Gasteiger partial charge in [0.25, 0.3) is 0 Å². The van der Waals surface area contributed by atoms with Crippen molar-refractivity contribution in [3.63, 3.8) is 0 Å². The molecule has 0 bridgehead atoms. The van der Waals surface area contributed by atoms with Crippen LogP contribution in [0.4, 0.5) is 4.39 Å². The maximum absolute atomic E-state index is 13.6. The molecule has 0 saturated carbocycles. The van der Waals surface area contributed by atoms with Crippen LogP contribution in [0.5, 0.6) is 5.75 Å². The van der Waals surface area contributed by atoms with Crippen molar-refractivity contribution in [3.8, 4) is 5.75 Å². The average Bonchev–Trinajstić information content (AvgIpc) is 2.47. The van der Waals surface area contributed by atoms with E-state index in [4.69, 9.17) is 4.74 Å². The van der Waals surface area contributed by atoms with Crippen molar-refractivity contribution < 1.29 is 13.9 Å². The van der Waals surface area contributed by atoms with Gasteiger partial charge in [0.1, 0.15) is 0 Å². The second-order valence-corrected chi connectivity index (χ2v) is 4.80. The minimum Gasteiger partial charge on any atom is -0.494 e. The van der Waals surface area contributed by atoms with Gasteiger partial charge in [0.2, 0.25) is 0 Å². The second kappa shape index (κ2) is 6.33. The van der Waals surface area contributed by atoms with Crippen molar-refractivity contribution in [2.75, 3.05) is 7.11 Å². The number of methoxy groups -OCH3 is 1. The van der Waals surface area contributed by atoms with Crippen molar-refractivity contribution in [1.82, 2.24) is 0 Å². The van der Waals surface area contributed by atoms with Gasteiger partial charge in [0, 0.05) is 11.5 Å². The fraction of sp³-hybridized carbons (Fsp3) is 0.235. The summed E-state index contributed by atoms with van der Waals surface area (Å²) in [6, 6.07) is 14.0. The van der Waals surface area contributed by atoms with Crippen LogP contribution in [0, 0.1) is 11.7 Å². The Labute approximate surface area is 118 Å². The van der Waals surface area contributed by atoms with Gasteiger partial charge >= 0.3 is 0 Å². The molecular weight excluding hydrogens is 255 g/mol. The molecule has 2 rings (SSSR count). The zero-order valence-corrected chi connectivity index (χ0v) is 11.6. The number of Topliss-reactive ketones (excluding diaryl/α,β-unsaturated/α-hetero) is 1. The van der Waals surface area contributed by atoms with E-state index in [1.165, 1.54) is 13.2 Å². The normalized spacial score (nSPS) is 11.9. The first kappa shape index (κ1) is 14.3. The molecule has 0 aromatic heterocycles. The highest BCUT2D eigenvalue weighted by Gasteiger charge is 2.16. The summed E-state index contributed by atoms with van der Waals surface area (Å²) in [6.07, 6.45) is 0.509. The van der Waals surface area contributed by atoms with E-state index in [9.17, 15) is 9.18 Å². The maximum atomic E-state index is 13.6. The topological polar surface area (TPSA) is 26.3 Å². The summed E-state index contributed by atoms with van der Waals surface area (Å²) in [5.74, 6) is -0.299. The minimum atomic E-state index is -0.399. The summed E-state index contributed by atoms with van der Waals surface area (Å²) in [4.78, 5) is 12.2. The predicted molar refractivity (Wildman–Crippen MR) is 76.6 cm³/mol. The van der Waals surface area contributed by atoms with Gasteiger partial charge in [-0.1, -0.05) is 43.3 Å². The Bertz CT molecular complexity index is 593. The van der Waals surface area contributed by atoms with E-state index in [2.05, 4.69) is 0 Å². The molecule has 0 aliphatic heterocycles. The van der Waals surface area contributed by atoms with E-state index in [-0.39, 0.29) is 17.5 Å². The first-order valence-electron chi connectivity index (χ1n) is 6.53. The number of carbonyl (C=O) groups excluding carboxylic acids is 1. The zero-order chi connectivity index (χ0) is 14.5. The summed E-state index contributed by atoms with van der Waals surface area (Å²) >= 11 is 0. The number of hydrogen-bond donors (Lipinski definition) is 0. The molecule has 1 unspecified atom stereocenters. The monoisotopic (exact) mass is 272 g/mol. The minimum absolute atomic E-state index is 0.0711. The van der Waals surface area contributed by atoms with Gasteiger partial charge in [-0.2, -0.15) is 0 Å². The molecule has 0 aliphatic carbocycles. The second-order valence-electron chi connectivity index (χ2n) is 4.80. The van der Waals surface area contributed by atoms with Gasteiger partial charge in [-0.15, -0.1) is 0 Å². The third-order valence-electron chi connectivity index (χ3n) is 3.26. The Morgan fingerprint density at radius 2 is 1.90 bits per heavy atom. The molecule has 2 aromatic rings. The van der Waals surface area contributed by atoms with Crippen LogP contribution in [0.1, 0.15) is 22.8 Å². The van der Waals surface area contributed by atoms with Crippen LogP contribution >= 0.6 is 0 Å². The van der Waals surface area contributed by atoms with E-state index in [1.54, 1.807) is 24.3 Å². The fourth-order valence-electron chi connectivity index (χ4n) is 2.17. The molecule has 3 heteroatoms. The summed E-state index contributed by atoms with van der Waals surface area (Å²) in [7, 11) is 1.43. The SMILES string of the molecule is COc1ccc(CC(C)C(=O)c2ccccc2)cc1F. The van der Waals surface area contributed by atoms with E-state index in [0.717, 1.165) is 5.56 Å². The summed E-state index contributed by atoms with van der Waals surface area (Å²) in [6.45, 7) is 1.86. The number of rotatable bonds is 5. The molecular formula is C17H17FO2. The highest BCUT2D eigenvalue weighted by Crippen LogP contribution is 2.21. The number of carbonyl (C=O) groups is 1. The maximum Gasteiger partial charge on any atom is 0.165 e. The smallest absolute Gasteiger partial charge is 0.165 e. The van der Waals surface area contributed by atoms with Crippen LogP contribution in [0.25, 0.3) is 0 Å². The highest BCUT2D eigenvalue weighted by molar-refractivity contribution is 5.97. The Kier molecular flexibility index (Phi) is 4.51. The van der Waals surface area contributed by atoms with Crippen molar-refractivity contribution in [2.45, 2.75) is 13.3 Å². The van der Waals surface area contributed by atoms with Crippen molar-refractivity contribution in [3.05, 3.63) is 65.5 Å². The van der Waals surface area contributed by atoms with Crippen LogP contribution in [-0.4, -0.2) is 12.9 Å². The molecule has 2 nitrogen and oxygen atoms in total. The van der Waals surface area contributed by atoms with Gasteiger partial charge in [0.15, 0.2) is 17.3 Å². The number of ether oxygens (including phenoxy) is 1. The van der Waals surface area contributed by atoms with E-state index in [1.807, 2.05) is 25.1 Å². The van der Waals surface area contributed by atoms with Gasteiger partial charge in [0.05, 0.1) is 7.11 Å². The molecule has 0 amide bonds. The number of halogens is 1. The third kappa shape index (κ3) is 3.23. The Morgan fingerprint density at radius 1 is 1.20 bits per heavy atom. The van der Waals surface area contributed by atoms with Crippen LogP contribution in [0.3, 0.4) is 0 Å². The molecule has 20 heavy (non-hydrogen) atoms. The average molecular weight is 272 g/mol. The van der Waals surface area contributed by atoms with E-state index < -0.39 is 5.82 Å². The standard InChI is InChI=1S/C17H17FO2/c1-12(17(19)14-6-4-3-5-7-14)10-13-8-9-16(20-2)15(18)11-13/h3-9,11-12H,10H2,1-2H3. The van der Waals surface area contributed by atoms with Crippen molar-refractivity contribution >= 4 is 5.78 Å². The first-order valence-corrected chi connectivity index (χ1v) is 6.53. The molecule has 0 radical (unpaired) electrons. The molecule has 0 heterocycles. The molecule has 0 N–H and O–H groups in total. The summed E-state index contributed by atoms with van der Waals surface area (Å²) in [5, 5.41) is 0. The lowest BCUT2D eigenvalue weighted by atomic mass is 9.93. The Morgan fingerprint density at radius 3 is 2.50 bits per heavy atom. The Hall–Kier alpha value is -2.16. The molecule has 104 valence electrons.